The Morgan fingerprint density at radius 1 is 1.37 bits per heavy atom. The first kappa shape index (κ1) is 15.0. The highest BCUT2D eigenvalue weighted by Gasteiger charge is 2.36. The topological polar surface area (TPSA) is 15.3 Å². The van der Waals surface area contributed by atoms with Gasteiger partial charge in [0.05, 0.1) is 0 Å². The molecule has 108 valence electrons. The summed E-state index contributed by atoms with van der Waals surface area (Å²) in [6.45, 7) is 12.6. The molecule has 1 fully saturated rings. The van der Waals surface area contributed by atoms with Crippen LogP contribution in [0.25, 0.3) is 0 Å². The highest BCUT2D eigenvalue weighted by molar-refractivity contribution is 7.10. The molecule has 1 aromatic rings. The maximum Gasteiger partial charge on any atom is 0.0334 e. The van der Waals surface area contributed by atoms with Gasteiger partial charge in [-0.25, -0.2) is 0 Å². The van der Waals surface area contributed by atoms with Gasteiger partial charge >= 0.3 is 0 Å². The molecule has 0 bridgehead atoms. The zero-order valence-corrected chi connectivity index (χ0v) is 13.6. The fourth-order valence-corrected chi connectivity index (χ4v) is 4.03. The van der Waals surface area contributed by atoms with Crippen molar-refractivity contribution < 1.29 is 0 Å². The highest BCUT2D eigenvalue weighted by atomic mass is 32.1. The second kappa shape index (κ2) is 6.38. The van der Waals surface area contributed by atoms with Crippen molar-refractivity contribution in [3.63, 3.8) is 0 Å². The molecule has 2 rings (SSSR count). The molecule has 1 N–H and O–H groups in total. The van der Waals surface area contributed by atoms with Crippen LogP contribution in [0.5, 0.6) is 0 Å². The SMILES string of the molecule is CCC1CNC(CC)(CC)CN1Cc1sccc1C. The summed E-state index contributed by atoms with van der Waals surface area (Å²) in [5.41, 5.74) is 1.79. The van der Waals surface area contributed by atoms with Gasteiger partial charge in [-0.05, 0) is 43.2 Å². The van der Waals surface area contributed by atoms with Crippen molar-refractivity contribution in [2.75, 3.05) is 13.1 Å². The van der Waals surface area contributed by atoms with Crippen LogP contribution in [-0.4, -0.2) is 29.6 Å². The Balaban J connectivity index is 2.12. The molecule has 1 saturated heterocycles. The Kier molecular flexibility index (Phi) is 5.04. The van der Waals surface area contributed by atoms with Crippen LogP contribution in [-0.2, 0) is 6.54 Å². The fraction of sp³-hybridized carbons (Fsp3) is 0.750. The van der Waals surface area contributed by atoms with Crippen LogP contribution >= 0.6 is 11.3 Å². The van der Waals surface area contributed by atoms with Crippen LogP contribution in [0.3, 0.4) is 0 Å². The van der Waals surface area contributed by atoms with Gasteiger partial charge in [-0.2, -0.15) is 0 Å². The van der Waals surface area contributed by atoms with Gasteiger partial charge in [0.2, 0.25) is 0 Å². The molecule has 19 heavy (non-hydrogen) atoms. The molecule has 0 saturated carbocycles. The summed E-state index contributed by atoms with van der Waals surface area (Å²) < 4.78 is 0. The molecule has 1 atom stereocenters. The van der Waals surface area contributed by atoms with Gasteiger partial charge in [0, 0.05) is 36.1 Å². The molecule has 1 aromatic heterocycles. The number of hydrogen-bond donors (Lipinski definition) is 1. The van der Waals surface area contributed by atoms with E-state index in [0.29, 0.717) is 11.6 Å². The van der Waals surface area contributed by atoms with Crippen LogP contribution in [0, 0.1) is 6.92 Å². The van der Waals surface area contributed by atoms with E-state index >= 15 is 0 Å². The van der Waals surface area contributed by atoms with Gasteiger partial charge in [-0.15, -0.1) is 11.3 Å². The summed E-state index contributed by atoms with van der Waals surface area (Å²) in [5.74, 6) is 0. The van der Waals surface area contributed by atoms with Gasteiger partial charge in [0.25, 0.3) is 0 Å². The van der Waals surface area contributed by atoms with Gasteiger partial charge < -0.3 is 5.32 Å². The van der Waals surface area contributed by atoms with Crippen molar-refractivity contribution in [3.8, 4) is 0 Å². The standard InChI is InChI=1S/C16H28N2S/c1-5-14-10-17-16(6-2,7-3)12-18(14)11-15-13(4)8-9-19-15/h8-9,14,17H,5-7,10-12H2,1-4H3. The second-order valence-electron chi connectivity index (χ2n) is 5.86. The van der Waals surface area contributed by atoms with E-state index < -0.39 is 0 Å². The summed E-state index contributed by atoms with van der Waals surface area (Å²) in [4.78, 5) is 4.25. The van der Waals surface area contributed by atoms with Crippen molar-refractivity contribution >= 4 is 11.3 Å². The van der Waals surface area contributed by atoms with E-state index in [-0.39, 0.29) is 0 Å². The quantitative estimate of drug-likeness (QED) is 0.882. The number of rotatable bonds is 5. The van der Waals surface area contributed by atoms with Gasteiger partial charge in [-0.3, -0.25) is 4.90 Å². The number of piperazine rings is 1. The molecule has 0 aliphatic carbocycles. The van der Waals surface area contributed by atoms with Crippen LogP contribution in [0.15, 0.2) is 11.4 Å². The van der Waals surface area contributed by atoms with E-state index in [0.717, 1.165) is 13.1 Å². The normalized spacial score (nSPS) is 23.7. The number of nitrogens with one attached hydrogen (secondary N) is 1. The minimum Gasteiger partial charge on any atom is -0.308 e. The molecule has 3 heteroatoms. The minimum absolute atomic E-state index is 0.330. The molecule has 0 radical (unpaired) electrons. The zero-order chi connectivity index (χ0) is 13.9. The van der Waals surface area contributed by atoms with Crippen molar-refractivity contribution in [2.24, 2.45) is 0 Å². The lowest BCUT2D eigenvalue weighted by Gasteiger charge is -2.47. The van der Waals surface area contributed by atoms with E-state index in [4.69, 9.17) is 0 Å². The van der Waals surface area contributed by atoms with Crippen LogP contribution in [0.2, 0.25) is 0 Å². The first-order valence-electron chi connectivity index (χ1n) is 7.66. The van der Waals surface area contributed by atoms with E-state index in [2.05, 4.69) is 49.4 Å². The average molecular weight is 280 g/mol. The van der Waals surface area contributed by atoms with E-state index in [1.54, 1.807) is 4.88 Å². The smallest absolute Gasteiger partial charge is 0.0334 e. The van der Waals surface area contributed by atoms with Crippen molar-refractivity contribution in [1.82, 2.24) is 10.2 Å². The highest BCUT2D eigenvalue weighted by Crippen LogP contribution is 2.27. The van der Waals surface area contributed by atoms with E-state index in [1.807, 2.05) is 11.3 Å². The number of nitrogens with zero attached hydrogens (tertiary/aromatic N) is 1. The lowest BCUT2D eigenvalue weighted by molar-refractivity contribution is 0.0650. The summed E-state index contributed by atoms with van der Waals surface area (Å²) >= 11 is 1.91. The van der Waals surface area contributed by atoms with Crippen LogP contribution in [0.4, 0.5) is 0 Å². The maximum absolute atomic E-state index is 3.82. The number of aryl methyl sites for hydroxylation is 1. The minimum atomic E-state index is 0.330. The summed E-state index contributed by atoms with van der Waals surface area (Å²) in [7, 11) is 0. The third-order valence-electron chi connectivity index (χ3n) is 4.87. The molecular weight excluding hydrogens is 252 g/mol. The third-order valence-corrected chi connectivity index (χ3v) is 5.88. The number of thiophene rings is 1. The molecule has 1 unspecified atom stereocenters. The fourth-order valence-electron chi connectivity index (χ4n) is 3.10. The lowest BCUT2D eigenvalue weighted by atomic mass is 9.88. The molecule has 1 aliphatic heterocycles. The molecule has 2 heterocycles. The lowest BCUT2D eigenvalue weighted by Crippen LogP contribution is -2.63. The Bertz CT molecular complexity index is 395. The van der Waals surface area contributed by atoms with Gasteiger partial charge in [-0.1, -0.05) is 20.8 Å². The first-order valence-corrected chi connectivity index (χ1v) is 8.54. The van der Waals surface area contributed by atoms with Crippen LogP contribution in [0.1, 0.15) is 50.5 Å². The molecular formula is C16H28N2S. The monoisotopic (exact) mass is 280 g/mol. The first-order chi connectivity index (χ1) is 9.14. The van der Waals surface area contributed by atoms with Gasteiger partial charge in [0.1, 0.15) is 0 Å². The van der Waals surface area contributed by atoms with Crippen LogP contribution < -0.4 is 5.32 Å². The Hall–Kier alpha value is -0.380. The molecule has 0 aromatic carbocycles. The predicted octanol–water partition coefficient (Wildman–Crippen LogP) is 3.80. The summed E-state index contributed by atoms with van der Waals surface area (Å²) in [5, 5.41) is 6.04. The number of hydrogen-bond acceptors (Lipinski definition) is 3. The molecule has 2 nitrogen and oxygen atoms in total. The average Bonchev–Trinajstić information content (AvgIpc) is 2.84. The zero-order valence-electron chi connectivity index (χ0n) is 12.8. The Labute approximate surface area is 122 Å². The summed E-state index contributed by atoms with van der Waals surface area (Å²) in [6, 6.07) is 2.93. The van der Waals surface area contributed by atoms with Gasteiger partial charge in [0.15, 0.2) is 0 Å². The Morgan fingerprint density at radius 2 is 2.11 bits per heavy atom. The third kappa shape index (κ3) is 3.21. The largest absolute Gasteiger partial charge is 0.308 e. The van der Waals surface area contributed by atoms with Crippen molar-refractivity contribution in [3.05, 3.63) is 21.9 Å². The maximum atomic E-state index is 3.82. The molecule has 0 amide bonds. The Morgan fingerprint density at radius 3 is 2.63 bits per heavy atom. The molecule has 0 spiro atoms. The molecule has 1 aliphatic rings. The van der Waals surface area contributed by atoms with E-state index in [1.165, 1.54) is 31.4 Å². The summed E-state index contributed by atoms with van der Waals surface area (Å²) in [6.07, 6.45) is 3.68. The van der Waals surface area contributed by atoms with E-state index in [9.17, 15) is 0 Å². The predicted molar refractivity (Wildman–Crippen MR) is 84.9 cm³/mol. The van der Waals surface area contributed by atoms with Crippen molar-refractivity contribution in [2.45, 2.75) is 65.1 Å². The second-order valence-corrected chi connectivity index (χ2v) is 6.86. The van der Waals surface area contributed by atoms with Crippen molar-refractivity contribution in [1.29, 1.82) is 0 Å².